The van der Waals surface area contributed by atoms with Gasteiger partial charge in [-0.3, -0.25) is 0 Å². The minimum Gasteiger partial charge on any atom is -0.494 e. The quantitative estimate of drug-likeness (QED) is 0.394. The lowest BCUT2D eigenvalue weighted by Crippen LogP contribution is -2.13. The van der Waals surface area contributed by atoms with Crippen molar-refractivity contribution in [2.24, 2.45) is 0 Å². The number of carbonyl (C=O) groups excluding carboxylic acids is 1. The highest BCUT2D eigenvalue weighted by atomic mass is 35.5. The van der Waals surface area contributed by atoms with Crippen LogP contribution in [0.15, 0.2) is 24.3 Å². The molecule has 0 atom stereocenters. The monoisotopic (exact) mass is 437 g/mol. The molecule has 26 heavy (non-hydrogen) atoms. The zero-order valence-electron chi connectivity index (χ0n) is 14.9. The molecule has 1 aromatic carbocycles. The van der Waals surface area contributed by atoms with Crippen molar-refractivity contribution in [1.82, 2.24) is 4.90 Å². The van der Waals surface area contributed by atoms with Gasteiger partial charge in [0, 0.05) is 5.56 Å². The molecule has 0 saturated heterocycles. The summed E-state index contributed by atoms with van der Waals surface area (Å²) in [6.45, 7) is 1.59. The highest BCUT2D eigenvalue weighted by Gasteiger charge is 2.14. The molecule has 8 heteroatoms. The topological polar surface area (TPSA) is 38.8 Å². The Labute approximate surface area is 174 Å². The van der Waals surface area contributed by atoms with Gasteiger partial charge in [0.25, 0.3) is 0 Å². The van der Waals surface area contributed by atoms with Crippen molar-refractivity contribution in [1.29, 1.82) is 0 Å². The number of unbranched alkanes of at least 4 members (excludes halogenated alkanes) is 1. The van der Waals surface area contributed by atoms with Gasteiger partial charge in [0.1, 0.15) is 10.1 Å². The number of halogens is 3. The summed E-state index contributed by atoms with van der Waals surface area (Å²) in [5.74, 6) is 0.192. The van der Waals surface area contributed by atoms with E-state index < -0.39 is 5.97 Å². The van der Waals surface area contributed by atoms with Crippen molar-refractivity contribution in [2.75, 3.05) is 34.4 Å². The second-order valence-electron chi connectivity index (χ2n) is 5.83. The molecule has 0 radical (unpaired) electrons. The molecule has 0 N–H and O–H groups in total. The molecule has 2 aromatic rings. The van der Waals surface area contributed by atoms with Gasteiger partial charge >= 0.3 is 5.97 Å². The van der Waals surface area contributed by atoms with Crippen LogP contribution >= 0.6 is 46.9 Å². The molecule has 1 heterocycles. The predicted octanol–water partition coefficient (Wildman–Crippen LogP) is 5.65. The van der Waals surface area contributed by atoms with Gasteiger partial charge < -0.3 is 14.4 Å². The van der Waals surface area contributed by atoms with Gasteiger partial charge in [-0.25, -0.2) is 4.79 Å². The molecule has 0 bridgehead atoms. The van der Waals surface area contributed by atoms with Gasteiger partial charge in [-0.05, 0) is 63.3 Å². The molecule has 0 aliphatic rings. The molecule has 2 rings (SSSR count). The summed E-state index contributed by atoms with van der Waals surface area (Å²) >= 11 is 13.6. The van der Waals surface area contributed by atoms with E-state index in [4.69, 9.17) is 32.7 Å². The first-order chi connectivity index (χ1) is 11.9. The first-order valence-electron chi connectivity index (χ1n) is 7.87. The number of benzene rings is 1. The lowest BCUT2D eigenvalue weighted by molar-refractivity contribution is 0.0600. The summed E-state index contributed by atoms with van der Waals surface area (Å²) in [5, 5.41) is 0. The summed E-state index contributed by atoms with van der Waals surface area (Å²) in [4.78, 5) is 14.1. The number of methoxy groups -OCH3 is 1. The van der Waals surface area contributed by atoms with E-state index in [1.165, 1.54) is 18.4 Å². The number of hydrogen-bond donors (Lipinski definition) is 0. The van der Waals surface area contributed by atoms with E-state index in [9.17, 15) is 4.79 Å². The van der Waals surface area contributed by atoms with E-state index in [0.29, 0.717) is 26.6 Å². The Hall–Kier alpha value is -0.980. The molecule has 0 aliphatic heterocycles. The zero-order chi connectivity index (χ0) is 18.4. The number of carbonyl (C=O) groups is 1. The van der Waals surface area contributed by atoms with Crippen LogP contribution in [0.2, 0.25) is 8.67 Å². The largest absolute Gasteiger partial charge is 0.494 e. The fourth-order valence-electron chi connectivity index (χ4n) is 2.33. The SMILES string of the molecule is COC(=O)c1cc(OCCCCN(C)C)cc(-c2cc(Cl)sc2Cl)c1.Cl. The van der Waals surface area contributed by atoms with E-state index >= 15 is 0 Å². The third kappa shape index (κ3) is 6.63. The van der Waals surface area contributed by atoms with Crippen LogP contribution in [0.4, 0.5) is 0 Å². The molecule has 0 unspecified atom stereocenters. The second kappa shape index (κ2) is 11.0. The maximum Gasteiger partial charge on any atom is 0.338 e. The van der Waals surface area contributed by atoms with Gasteiger partial charge in [-0.15, -0.1) is 23.7 Å². The smallest absolute Gasteiger partial charge is 0.338 e. The summed E-state index contributed by atoms with van der Waals surface area (Å²) in [6.07, 6.45) is 1.98. The fraction of sp³-hybridized carbons (Fsp3) is 0.389. The van der Waals surface area contributed by atoms with Crippen molar-refractivity contribution >= 4 is 52.9 Å². The maximum atomic E-state index is 12.0. The molecule has 0 saturated carbocycles. The first kappa shape index (κ1) is 23.1. The molecule has 0 spiro atoms. The van der Waals surface area contributed by atoms with Gasteiger partial charge in [-0.1, -0.05) is 23.2 Å². The summed E-state index contributed by atoms with van der Waals surface area (Å²) in [7, 11) is 5.44. The van der Waals surface area contributed by atoms with Gasteiger partial charge in [0.05, 0.1) is 23.6 Å². The molecule has 1 aromatic heterocycles. The first-order valence-corrected chi connectivity index (χ1v) is 9.44. The lowest BCUT2D eigenvalue weighted by atomic mass is 10.1. The van der Waals surface area contributed by atoms with Crippen LogP contribution in [0.5, 0.6) is 5.75 Å². The van der Waals surface area contributed by atoms with Crippen LogP contribution in [0.25, 0.3) is 11.1 Å². The molecule has 4 nitrogen and oxygen atoms in total. The molecular formula is C18H22Cl3NO3S. The van der Waals surface area contributed by atoms with Gasteiger partial charge in [0.2, 0.25) is 0 Å². The second-order valence-corrected chi connectivity index (χ2v) is 8.12. The van der Waals surface area contributed by atoms with Crippen molar-refractivity contribution in [2.45, 2.75) is 12.8 Å². The summed E-state index contributed by atoms with van der Waals surface area (Å²) in [5.41, 5.74) is 1.97. The molecule has 0 amide bonds. The van der Waals surface area contributed by atoms with Crippen LogP contribution in [-0.4, -0.2) is 45.2 Å². The Balaban J connectivity index is 0.00000338. The zero-order valence-corrected chi connectivity index (χ0v) is 18.0. The average Bonchev–Trinajstić information content (AvgIpc) is 2.91. The van der Waals surface area contributed by atoms with E-state index in [1.807, 2.05) is 20.2 Å². The number of hydrogen-bond acceptors (Lipinski definition) is 5. The van der Waals surface area contributed by atoms with Crippen molar-refractivity contribution in [3.63, 3.8) is 0 Å². The molecular weight excluding hydrogens is 417 g/mol. The summed E-state index contributed by atoms with van der Waals surface area (Å²) < 4.78 is 11.8. The van der Waals surface area contributed by atoms with E-state index in [-0.39, 0.29) is 12.4 Å². The fourth-order valence-corrected chi connectivity index (χ4v) is 3.84. The Morgan fingerprint density at radius 2 is 1.88 bits per heavy atom. The van der Waals surface area contributed by atoms with Crippen molar-refractivity contribution in [3.05, 3.63) is 38.5 Å². The Kier molecular flexibility index (Phi) is 9.75. The minimum atomic E-state index is -0.420. The highest BCUT2D eigenvalue weighted by molar-refractivity contribution is 7.20. The minimum absolute atomic E-state index is 0. The third-order valence-electron chi connectivity index (χ3n) is 3.56. The lowest BCUT2D eigenvalue weighted by Gasteiger charge is -2.12. The number of nitrogens with zero attached hydrogens (tertiary/aromatic N) is 1. The predicted molar refractivity (Wildman–Crippen MR) is 112 cm³/mol. The average molecular weight is 439 g/mol. The number of thiophene rings is 1. The van der Waals surface area contributed by atoms with E-state index in [0.717, 1.165) is 30.5 Å². The number of esters is 1. The number of ether oxygens (including phenoxy) is 2. The normalized spacial score (nSPS) is 10.5. The van der Waals surface area contributed by atoms with Crippen LogP contribution < -0.4 is 4.74 Å². The van der Waals surface area contributed by atoms with Crippen LogP contribution in [0.1, 0.15) is 23.2 Å². The van der Waals surface area contributed by atoms with Gasteiger partial charge in [-0.2, -0.15) is 0 Å². The van der Waals surface area contributed by atoms with Gasteiger partial charge in [0.15, 0.2) is 0 Å². The third-order valence-corrected chi connectivity index (χ3v) is 5.05. The van der Waals surface area contributed by atoms with E-state index in [2.05, 4.69) is 4.90 Å². The Bertz CT molecular complexity index is 734. The van der Waals surface area contributed by atoms with Crippen LogP contribution in [0, 0.1) is 0 Å². The Morgan fingerprint density at radius 1 is 1.15 bits per heavy atom. The molecule has 0 fully saturated rings. The van der Waals surface area contributed by atoms with Crippen molar-refractivity contribution in [3.8, 4) is 16.9 Å². The Morgan fingerprint density at radius 3 is 2.46 bits per heavy atom. The molecule has 144 valence electrons. The summed E-state index contributed by atoms with van der Waals surface area (Å²) in [6, 6.07) is 7.06. The van der Waals surface area contributed by atoms with Crippen LogP contribution in [0.3, 0.4) is 0 Å². The van der Waals surface area contributed by atoms with Crippen molar-refractivity contribution < 1.29 is 14.3 Å². The highest BCUT2D eigenvalue weighted by Crippen LogP contribution is 2.39. The standard InChI is InChI=1S/C18H21Cl2NO3S.ClH/c1-21(2)6-4-5-7-24-14-9-12(8-13(10-14)18(22)23-3)15-11-16(19)25-17(15)20;/h8-11H,4-7H2,1-3H3;1H. The van der Waals surface area contributed by atoms with Crippen LogP contribution in [-0.2, 0) is 4.74 Å². The van der Waals surface area contributed by atoms with E-state index in [1.54, 1.807) is 18.2 Å². The molecule has 0 aliphatic carbocycles. The number of rotatable bonds is 8. The maximum absolute atomic E-state index is 12.0.